The molecule has 1 atom stereocenters. The fraction of sp³-hybridized carbons (Fsp3) is 0.161. The topological polar surface area (TPSA) is 128 Å². The van der Waals surface area contributed by atoms with Gasteiger partial charge in [-0.25, -0.2) is 8.42 Å². The van der Waals surface area contributed by atoms with Gasteiger partial charge in [-0.2, -0.15) is 9.40 Å². The van der Waals surface area contributed by atoms with E-state index in [9.17, 15) is 13.2 Å². The summed E-state index contributed by atoms with van der Waals surface area (Å²) in [6.45, 7) is 2.10. The molecule has 0 fully saturated rings. The number of aromatic amines is 1. The molecular formula is C31H30N4O5S. The number of nitrogens with zero attached hydrogens (tertiary/aromatic N) is 2. The van der Waals surface area contributed by atoms with Crippen molar-refractivity contribution in [1.82, 2.24) is 10.2 Å². The van der Waals surface area contributed by atoms with Crippen LogP contribution in [0.1, 0.15) is 16.7 Å². The van der Waals surface area contributed by atoms with Crippen LogP contribution in [-0.4, -0.2) is 37.7 Å². The van der Waals surface area contributed by atoms with Crippen LogP contribution in [0.25, 0.3) is 10.9 Å². The first-order valence-corrected chi connectivity index (χ1v) is 14.4. The van der Waals surface area contributed by atoms with Crippen molar-refractivity contribution >= 4 is 32.7 Å². The molecule has 0 saturated carbocycles. The quantitative estimate of drug-likeness (QED) is 0.248. The monoisotopic (exact) mass is 570 g/mol. The van der Waals surface area contributed by atoms with Gasteiger partial charge in [0.1, 0.15) is 18.1 Å². The number of methoxy groups -OCH3 is 1. The summed E-state index contributed by atoms with van der Waals surface area (Å²) >= 11 is 0. The van der Waals surface area contributed by atoms with Crippen molar-refractivity contribution < 1.29 is 22.7 Å². The first-order valence-electron chi connectivity index (χ1n) is 13.0. The van der Waals surface area contributed by atoms with Crippen LogP contribution >= 0.6 is 0 Å². The Kier molecular flexibility index (Phi) is 8.04. The van der Waals surface area contributed by atoms with Crippen molar-refractivity contribution in [3.05, 3.63) is 114 Å². The van der Waals surface area contributed by atoms with Crippen molar-refractivity contribution in [2.24, 2.45) is 5.73 Å². The molecule has 0 aliphatic heterocycles. The van der Waals surface area contributed by atoms with E-state index < -0.39 is 22.0 Å². The molecule has 0 bridgehead atoms. The summed E-state index contributed by atoms with van der Waals surface area (Å²) in [6, 6.07) is 26.9. The zero-order valence-corrected chi connectivity index (χ0v) is 23.5. The average molecular weight is 571 g/mol. The molecule has 3 N–H and O–H groups in total. The van der Waals surface area contributed by atoms with Gasteiger partial charge in [-0.05, 0) is 66.9 Å². The first-order chi connectivity index (χ1) is 19.8. The molecule has 210 valence electrons. The maximum atomic E-state index is 14.0. The molecule has 0 unspecified atom stereocenters. The zero-order chi connectivity index (χ0) is 29.0. The van der Waals surface area contributed by atoms with E-state index in [0.29, 0.717) is 26.7 Å². The smallest absolute Gasteiger partial charge is 0.272 e. The summed E-state index contributed by atoms with van der Waals surface area (Å²) in [5.41, 5.74) is 9.44. The van der Waals surface area contributed by atoms with Gasteiger partial charge in [0.15, 0.2) is 5.82 Å². The highest BCUT2D eigenvalue weighted by Gasteiger charge is 2.37. The Balaban J connectivity index is 1.53. The van der Waals surface area contributed by atoms with Gasteiger partial charge in [-0.1, -0.05) is 60.2 Å². The number of fused-ring (bicyclic) bond motifs is 1. The Bertz CT molecular complexity index is 1770. The summed E-state index contributed by atoms with van der Waals surface area (Å²) in [4.78, 5) is 13.8. The molecule has 0 radical (unpaired) electrons. The molecule has 1 heterocycles. The number of rotatable bonds is 10. The Labute approximate surface area is 238 Å². The van der Waals surface area contributed by atoms with Crippen molar-refractivity contribution in [1.29, 1.82) is 0 Å². The number of hydrogen-bond acceptors (Lipinski definition) is 7. The molecule has 4 aromatic carbocycles. The van der Waals surface area contributed by atoms with E-state index >= 15 is 0 Å². The molecule has 41 heavy (non-hydrogen) atoms. The number of hydrogen-bond donors (Lipinski definition) is 2. The molecule has 5 rings (SSSR count). The lowest BCUT2D eigenvalue weighted by molar-refractivity contribution is -0.118. The number of anilines is 1. The van der Waals surface area contributed by atoms with Crippen molar-refractivity contribution in [2.45, 2.75) is 30.9 Å². The van der Waals surface area contributed by atoms with E-state index in [2.05, 4.69) is 10.2 Å². The number of aromatic nitrogens is 2. The van der Waals surface area contributed by atoms with Crippen LogP contribution < -0.4 is 19.5 Å². The van der Waals surface area contributed by atoms with E-state index in [1.165, 1.54) is 12.1 Å². The van der Waals surface area contributed by atoms with E-state index in [0.717, 1.165) is 16.7 Å². The van der Waals surface area contributed by atoms with Crippen LogP contribution in [0.2, 0.25) is 0 Å². The number of sulfonamides is 1. The average Bonchev–Trinajstić information content (AvgIpc) is 3.39. The fourth-order valence-corrected chi connectivity index (χ4v) is 5.84. The SMILES string of the molecule is COc1cccc(COc2ccc3[nH]nc(N(C(=O)[C@@H](N)Cc4ccccc4)S(=O)(=O)c4ccc(C)cc4)c3c2)c1. The number of benzene rings is 4. The number of H-pyrrole nitrogens is 1. The molecule has 9 nitrogen and oxygen atoms in total. The van der Waals surface area contributed by atoms with E-state index in [4.69, 9.17) is 15.2 Å². The normalized spacial score (nSPS) is 12.2. The number of ether oxygens (including phenoxy) is 2. The molecule has 0 saturated heterocycles. The Morgan fingerprint density at radius 3 is 2.39 bits per heavy atom. The molecule has 1 amide bonds. The van der Waals surface area contributed by atoms with Gasteiger partial charge in [0.05, 0.1) is 23.6 Å². The van der Waals surface area contributed by atoms with Crippen molar-refractivity contribution in [3.63, 3.8) is 0 Å². The van der Waals surface area contributed by atoms with Gasteiger partial charge in [-0.15, -0.1) is 0 Å². The lowest BCUT2D eigenvalue weighted by atomic mass is 10.1. The minimum absolute atomic E-state index is 0.0510. The van der Waals surface area contributed by atoms with Crippen LogP contribution in [0.4, 0.5) is 5.82 Å². The predicted molar refractivity (Wildman–Crippen MR) is 157 cm³/mol. The summed E-state index contributed by atoms with van der Waals surface area (Å²) in [5.74, 6) is 0.295. The van der Waals surface area contributed by atoms with E-state index in [1.54, 1.807) is 37.4 Å². The van der Waals surface area contributed by atoms with E-state index in [1.807, 2.05) is 61.5 Å². The number of carbonyl (C=O) groups is 1. The van der Waals surface area contributed by atoms with Gasteiger partial charge in [0, 0.05) is 5.39 Å². The van der Waals surface area contributed by atoms with Crippen molar-refractivity contribution in [3.8, 4) is 11.5 Å². The van der Waals surface area contributed by atoms with Crippen molar-refractivity contribution in [2.75, 3.05) is 11.4 Å². The lowest BCUT2D eigenvalue weighted by Crippen LogP contribution is -2.48. The van der Waals surface area contributed by atoms with Crippen LogP contribution in [0, 0.1) is 6.92 Å². The first kappa shape index (κ1) is 27.9. The molecule has 0 spiro atoms. The highest BCUT2D eigenvalue weighted by molar-refractivity contribution is 7.93. The maximum Gasteiger partial charge on any atom is 0.272 e. The molecule has 1 aromatic heterocycles. The lowest BCUT2D eigenvalue weighted by Gasteiger charge is -2.24. The largest absolute Gasteiger partial charge is 0.497 e. The third kappa shape index (κ3) is 6.08. The van der Waals surface area contributed by atoms with Gasteiger partial charge in [0.25, 0.3) is 15.9 Å². The van der Waals surface area contributed by atoms with Gasteiger partial charge in [-0.3, -0.25) is 9.89 Å². The molecular weight excluding hydrogens is 540 g/mol. The van der Waals surface area contributed by atoms with E-state index in [-0.39, 0.29) is 23.7 Å². The van der Waals surface area contributed by atoms with Crippen LogP contribution in [0.3, 0.4) is 0 Å². The highest BCUT2D eigenvalue weighted by atomic mass is 32.2. The molecule has 0 aliphatic rings. The third-order valence-electron chi connectivity index (χ3n) is 6.62. The fourth-order valence-electron chi connectivity index (χ4n) is 4.41. The van der Waals surface area contributed by atoms with Crippen LogP contribution in [0.5, 0.6) is 11.5 Å². The van der Waals surface area contributed by atoms with Crippen LogP contribution in [0.15, 0.2) is 102 Å². The Morgan fingerprint density at radius 2 is 1.66 bits per heavy atom. The number of nitrogens with one attached hydrogen (secondary N) is 1. The molecule has 5 aromatic rings. The Morgan fingerprint density at radius 1 is 0.927 bits per heavy atom. The third-order valence-corrected chi connectivity index (χ3v) is 8.32. The minimum atomic E-state index is -4.38. The van der Waals surface area contributed by atoms with Gasteiger partial charge < -0.3 is 15.2 Å². The zero-order valence-electron chi connectivity index (χ0n) is 22.7. The number of aryl methyl sites for hydroxylation is 1. The number of nitrogens with two attached hydrogens (primary N) is 1. The van der Waals surface area contributed by atoms with Gasteiger partial charge >= 0.3 is 0 Å². The predicted octanol–water partition coefficient (Wildman–Crippen LogP) is 4.75. The summed E-state index contributed by atoms with van der Waals surface area (Å²) in [7, 11) is -2.78. The second-order valence-electron chi connectivity index (χ2n) is 9.61. The summed E-state index contributed by atoms with van der Waals surface area (Å²) < 4.78 is 40.0. The van der Waals surface area contributed by atoms with Gasteiger partial charge in [0.2, 0.25) is 0 Å². The maximum absolute atomic E-state index is 14.0. The Hall–Kier alpha value is -4.67. The standard InChI is InChI=1S/C31H30N4O5S/c1-21-11-14-26(15-12-21)41(37,38)35(31(36)28(32)18-22-7-4-3-5-8-22)30-27-19-25(13-16-29(27)33-34-30)40-20-23-9-6-10-24(17-23)39-2/h3-17,19,28H,18,20,32H2,1-2H3,(H,33,34)/t28-/m0/s1. The minimum Gasteiger partial charge on any atom is -0.497 e. The van der Waals surface area contributed by atoms with Crippen LogP contribution in [-0.2, 0) is 27.8 Å². The summed E-state index contributed by atoms with van der Waals surface area (Å²) in [6.07, 6.45) is 0.150. The molecule has 0 aliphatic carbocycles. The summed E-state index contributed by atoms with van der Waals surface area (Å²) in [5, 5.41) is 7.50. The second-order valence-corrected chi connectivity index (χ2v) is 11.4. The number of amides is 1. The number of carbonyl (C=O) groups excluding carboxylic acids is 1. The highest BCUT2D eigenvalue weighted by Crippen LogP contribution is 2.32. The molecule has 10 heteroatoms. The second kappa shape index (κ2) is 11.8.